The summed E-state index contributed by atoms with van der Waals surface area (Å²) in [6.07, 6.45) is 1.21. The average Bonchev–Trinajstić information content (AvgIpc) is 2.24. The molecule has 1 rings (SSSR count). The molecule has 5 heteroatoms. The number of benzene rings is 1. The highest BCUT2D eigenvalue weighted by Crippen LogP contribution is 2.22. The summed E-state index contributed by atoms with van der Waals surface area (Å²) in [6.45, 7) is 4.57. The van der Waals surface area contributed by atoms with Crippen LogP contribution >= 0.6 is 0 Å². The van der Waals surface area contributed by atoms with E-state index in [0.717, 1.165) is 0 Å². The van der Waals surface area contributed by atoms with Crippen molar-refractivity contribution >= 4 is 15.5 Å². The van der Waals surface area contributed by atoms with Gasteiger partial charge in [0.15, 0.2) is 9.84 Å². The Balaban J connectivity index is 3.07. The van der Waals surface area contributed by atoms with Gasteiger partial charge >= 0.3 is 0 Å². The van der Waals surface area contributed by atoms with E-state index in [-0.39, 0.29) is 6.04 Å². The van der Waals surface area contributed by atoms with E-state index < -0.39 is 9.84 Å². The van der Waals surface area contributed by atoms with Crippen LogP contribution in [0.3, 0.4) is 0 Å². The summed E-state index contributed by atoms with van der Waals surface area (Å²) >= 11 is 0. The smallest absolute Gasteiger partial charge is 0.177 e. The molecular weight excluding hydrogens is 236 g/mol. The monoisotopic (exact) mass is 256 g/mol. The summed E-state index contributed by atoms with van der Waals surface area (Å²) in [6, 6.07) is 6.96. The highest BCUT2D eigenvalue weighted by Gasteiger charge is 2.16. The van der Waals surface area contributed by atoms with E-state index in [1.54, 1.807) is 18.2 Å². The Labute approximate surface area is 103 Å². The first kappa shape index (κ1) is 14.0. The second kappa shape index (κ2) is 5.51. The second-order valence-corrected chi connectivity index (χ2v) is 6.48. The van der Waals surface area contributed by atoms with Crippen molar-refractivity contribution in [1.29, 1.82) is 0 Å². The number of rotatable bonds is 5. The normalized spacial score (nSPS) is 13.7. The van der Waals surface area contributed by atoms with Gasteiger partial charge in [-0.2, -0.15) is 0 Å². The molecule has 1 aromatic rings. The average molecular weight is 256 g/mol. The van der Waals surface area contributed by atoms with Crippen molar-refractivity contribution in [1.82, 2.24) is 0 Å². The maximum Gasteiger partial charge on any atom is 0.177 e. The molecule has 96 valence electrons. The molecule has 3 N–H and O–H groups in total. The lowest BCUT2D eigenvalue weighted by molar-refractivity contribution is 0.530. The van der Waals surface area contributed by atoms with Crippen molar-refractivity contribution in [3.8, 4) is 0 Å². The lowest BCUT2D eigenvalue weighted by Gasteiger charge is -2.23. The molecule has 1 unspecified atom stereocenters. The summed E-state index contributed by atoms with van der Waals surface area (Å²) in [7, 11) is -3.22. The van der Waals surface area contributed by atoms with E-state index in [1.807, 2.05) is 19.9 Å². The highest BCUT2D eigenvalue weighted by atomic mass is 32.2. The van der Waals surface area contributed by atoms with Gasteiger partial charge in [-0.25, -0.2) is 8.42 Å². The van der Waals surface area contributed by atoms with E-state index in [4.69, 9.17) is 5.73 Å². The minimum atomic E-state index is -3.22. The number of nitrogens with one attached hydrogen (secondary N) is 1. The minimum Gasteiger partial charge on any atom is -0.380 e. The van der Waals surface area contributed by atoms with E-state index in [1.165, 1.54) is 6.26 Å². The van der Waals surface area contributed by atoms with Crippen LogP contribution in [0.4, 0.5) is 5.69 Å². The van der Waals surface area contributed by atoms with Crippen molar-refractivity contribution < 1.29 is 8.42 Å². The van der Waals surface area contributed by atoms with Crippen LogP contribution in [0.5, 0.6) is 0 Å². The first-order valence-electron chi connectivity index (χ1n) is 5.62. The molecule has 0 aliphatic heterocycles. The van der Waals surface area contributed by atoms with Gasteiger partial charge < -0.3 is 11.1 Å². The molecule has 0 aliphatic carbocycles. The maximum atomic E-state index is 11.6. The van der Waals surface area contributed by atoms with Gasteiger partial charge in [-0.1, -0.05) is 26.0 Å². The van der Waals surface area contributed by atoms with E-state index in [0.29, 0.717) is 23.0 Å². The van der Waals surface area contributed by atoms with Gasteiger partial charge in [-0.3, -0.25) is 0 Å². The van der Waals surface area contributed by atoms with Crippen LogP contribution in [0.15, 0.2) is 29.2 Å². The molecule has 17 heavy (non-hydrogen) atoms. The van der Waals surface area contributed by atoms with Crippen molar-refractivity contribution in [2.24, 2.45) is 11.7 Å². The summed E-state index contributed by atoms with van der Waals surface area (Å²) in [5.41, 5.74) is 6.29. The molecule has 0 bridgehead atoms. The zero-order valence-electron chi connectivity index (χ0n) is 10.5. The van der Waals surface area contributed by atoms with Crippen molar-refractivity contribution in [2.75, 3.05) is 18.1 Å². The first-order valence-corrected chi connectivity index (χ1v) is 7.51. The van der Waals surface area contributed by atoms with Crippen LogP contribution in [0, 0.1) is 5.92 Å². The molecule has 1 atom stereocenters. The summed E-state index contributed by atoms with van der Waals surface area (Å²) in [5, 5.41) is 3.20. The topological polar surface area (TPSA) is 72.2 Å². The predicted molar refractivity (Wildman–Crippen MR) is 70.9 cm³/mol. The molecular formula is C12H20N2O2S. The Hall–Kier alpha value is -1.07. The maximum absolute atomic E-state index is 11.6. The lowest BCUT2D eigenvalue weighted by Crippen LogP contribution is -2.34. The number of hydrogen-bond acceptors (Lipinski definition) is 4. The van der Waals surface area contributed by atoms with Gasteiger partial charge in [-0.15, -0.1) is 0 Å². The number of nitrogens with two attached hydrogens (primary N) is 1. The van der Waals surface area contributed by atoms with Gasteiger partial charge in [0, 0.05) is 18.8 Å². The molecule has 0 spiro atoms. The number of anilines is 1. The fraction of sp³-hybridized carbons (Fsp3) is 0.500. The van der Waals surface area contributed by atoms with Gasteiger partial charge in [0.05, 0.1) is 10.6 Å². The predicted octanol–water partition coefficient (Wildman–Crippen LogP) is 1.49. The molecule has 1 aromatic carbocycles. The third kappa shape index (κ3) is 3.71. The first-order chi connectivity index (χ1) is 7.86. The number of sulfone groups is 1. The lowest BCUT2D eigenvalue weighted by atomic mass is 10.0. The third-order valence-electron chi connectivity index (χ3n) is 2.69. The standard InChI is InChI=1S/C12H20N2O2S/c1-9(2)11(8-13)14-10-6-4-5-7-12(10)17(3,15)16/h4-7,9,11,14H,8,13H2,1-3H3. The molecule has 0 aliphatic rings. The molecule has 0 heterocycles. The van der Waals surface area contributed by atoms with Crippen LogP contribution in [-0.2, 0) is 9.84 Å². The molecule has 0 saturated carbocycles. The van der Waals surface area contributed by atoms with Gasteiger partial charge in [0.2, 0.25) is 0 Å². The van der Waals surface area contributed by atoms with Crippen LogP contribution in [0.1, 0.15) is 13.8 Å². The van der Waals surface area contributed by atoms with Crippen molar-refractivity contribution in [3.05, 3.63) is 24.3 Å². The van der Waals surface area contributed by atoms with E-state index in [9.17, 15) is 8.42 Å². The van der Waals surface area contributed by atoms with E-state index >= 15 is 0 Å². The van der Waals surface area contributed by atoms with Crippen LogP contribution in [0.2, 0.25) is 0 Å². The molecule has 0 amide bonds. The summed E-state index contributed by atoms with van der Waals surface area (Å²) < 4.78 is 23.2. The van der Waals surface area contributed by atoms with Crippen LogP contribution in [-0.4, -0.2) is 27.3 Å². The quantitative estimate of drug-likeness (QED) is 0.837. The third-order valence-corrected chi connectivity index (χ3v) is 3.84. The van der Waals surface area contributed by atoms with Crippen molar-refractivity contribution in [3.63, 3.8) is 0 Å². The Kier molecular flexibility index (Phi) is 4.54. The Morgan fingerprint density at radius 3 is 2.35 bits per heavy atom. The van der Waals surface area contributed by atoms with Crippen LogP contribution < -0.4 is 11.1 Å². The number of para-hydroxylation sites is 1. The van der Waals surface area contributed by atoms with Crippen molar-refractivity contribution in [2.45, 2.75) is 24.8 Å². The summed E-state index contributed by atoms with van der Waals surface area (Å²) in [5.74, 6) is 0.340. The fourth-order valence-corrected chi connectivity index (χ4v) is 2.46. The highest BCUT2D eigenvalue weighted by molar-refractivity contribution is 7.90. The number of hydrogen-bond donors (Lipinski definition) is 2. The second-order valence-electron chi connectivity index (χ2n) is 4.50. The molecule has 0 fully saturated rings. The van der Waals surface area contributed by atoms with Crippen LogP contribution in [0.25, 0.3) is 0 Å². The zero-order valence-corrected chi connectivity index (χ0v) is 11.3. The fourth-order valence-electron chi connectivity index (χ4n) is 1.61. The van der Waals surface area contributed by atoms with Gasteiger partial charge in [-0.05, 0) is 18.1 Å². The summed E-state index contributed by atoms with van der Waals surface area (Å²) in [4.78, 5) is 0.319. The largest absolute Gasteiger partial charge is 0.380 e. The zero-order chi connectivity index (χ0) is 13.1. The SMILES string of the molecule is CC(C)C(CN)Nc1ccccc1S(C)(=O)=O. The minimum absolute atomic E-state index is 0.0675. The molecule has 0 aromatic heterocycles. The Morgan fingerprint density at radius 1 is 1.29 bits per heavy atom. The Bertz CT molecular complexity index is 469. The van der Waals surface area contributed by atoms with E-state index in [2.05, 4.69) is 5.32 Å². The molecule has 0 saturated heterocycles. The van der Waals surface area contributed by atoms with Gasteiger partial charge in [0.25, 0.3) is 0 Å². The van der Waals surface area contributed by atoms with Gasteiger partial charge in [0.1, 0.15) is 0 Å². The molecule has 0 radical (unpaired) electrons. The Morgan fingerprint density at radius 2 is 1.88 bits per heavy atom. The molecule has 4 nitrogen and oxygen atoms in total.